The fourth-order valence-electron chi connectivity index (χ4n) is 2.80. The van der Waals surface area contributed by atoms with Crippen LogP contribution in [0.1, 0.15) is 43.7 Å². The number of nitrogens with zero attached hydrogens (tertiary/aromatic N) is 2. The van der Waals surface area contributed by atoms with E-state index in [-0.39, 0.29) is 29.4 Å². The Morgan fingerprint density at radius 2 is 1.72 bits per heavy atom. The lowest BCUT2D eigenvalue weighted by molar-refractivity contribution is -0.162. The zero-order valence-electron chi connectivity index (χ0n) is 17.6. The number of hydrogen-bond acceptors (Lipinski definition) is 6. The molecular weight excluding hydrogens is 457 g/mol. The van der Waals surface area contributed by atoms with E-state index in [0.29, 0.717) is 15.2 Å². The normalized spacial score (nSPS) is 11.9. The second kappa shape index (κ2) is 9.19. The van der Waals surface area contributed by atoms with E-state index < -0.39 is 40.7 Å². The van der Waals surface area contributed by atoms with E-state index in [9.17, 15) is 32.3 Å². The molecule has 2 aromatic rings. The second-order valence-electron chi connectivity index (χ2n) is 7.01. The van der Waals surface area contributed by atoms with E-state index in [1.807, 2.05) is 0 Å². The van der Waals surface area contributed by atoms with Gasteiger partial charge in [-0.1, -0.05) is 11.6 Å². The highest BCUT2D eigenvalue weighted by molar-refractivity contribution is 6.33. The maximum absolute atomic E-state index is 13.2. The van der Waals surface area contributed by atoms with Crippen molar-refractivity contribution in [2.75, 3.05) is 6.61 Å². The summed E-state index contributed by atoms with van der Waals surface area (Å²) in [7, 11) is 0. The fraction of sp³-hybridized carbons (Fsp3) is 0.400. The molecule has 0 fully saturated rings. The highest BCUT2D eigenvalue weighted by Crippen LogP contribution is 2.28. The van der Waals surface area contributed by atoms with Crippen molar-refractivity contribution in [3.63, 3.8) is 0 Å². The smallest absolute Gasteiger partial charge is 0.431 e. The maximum atomic E-state index is 13.2. The molecular formula is C20H20ClF3N2O6. The molecule has 2 rings (SSSR count). The summed E-state index contributed by atoms with van der Waals surface area (Å²) in [4.78, 5) is 49.6. The van der Waals surface area contributed by atoms with Crippen LogP contribution in [0.25, 0.3) is 5.69 Å². The van der Waals surface area contributed by atoms with Crippen LogP contribution in [0.4, 0.5) is 13.2 Å². The first kappa shape index (κ1) is 25.2. The summed E-state index contributed by atoms with van der Waals surface area (Å²) in [6, 6.07) is 3.67. The number of carbonyl (C=O) groups is 2. The number of halogens is 4. The van der Waals surface area contributed by atoms with Crippen LogP contribution in [0.2, 0.25) is 5.02 Å². The molecule has 0 aliphatic rings. The standard InChI is InChI=1S/C20H20ClF3N2O6/c1-5-25-14(20(22,23)24)10-15(27)26(18(25)30)11-7-8-13(21)12(9-11)16(28)32-19(3,4)17(29)31-6-2/h7-10H,5-6H2,1-4H3. The van der Waals surface area contributed by atoms with Gasteiger partial charge in [0.05, 0.1) is 22.9 Å². The summed E-state index contributed by atoms with van der Waals surface area (Å²) < 4.78 is 50.5. The molecule has 0 aliphatic heterocycles. The highest BCUT2D eigenvalue weighted by Gasteiger charge is 2.36. The predicted molar refractivity (Wildman–Crippen MR) is 108 cm³/mol. The first-order valence-electron chi connectivity index (χ1n) is 9.39. The Balaban J connectivity index is 2.59. The molecule has 0 N–H and O–H groups in total. The van der Waals surface area contributed by atoms with E-state index in [4.69, 9.17) is 21.1 Å². The summed E-state index contributed by atoms with van der Waals surface area (Å²) in [5.41, 5.74) is -6.08. The lowest BCUT2D eigenvalue weighted by Crippen LogP contribution is -2.41. The SMILES string of the molecule is CCOC(=O)C(C)(C)OC(=O)c1cc(-n2c(=O)cc(C(F)(F)F)n(CC)c2=O)ccc1Cl. The Morgan fingerprint density at radius 3 is 2.25 bits per heavy atom. The fourth-order valence-corrected chi connectivity index (χ4v) is 2.99. The molecule has 0 amide bonds. The lowest BCUT2D eigenvalue weighted by atomic mass is 10.1. The second-order valence-corrected chi connectivity index (χ2v) is 7.42. The van der Waals surface area contributed by atoms with E-state index in [2.05, 4.69) is 0 Å². The van der Waals surface area contributed by atoms with E-state index in [1.54, 1.807) is 6.92 Å². The van der Waals surface area contributed by atoms with Gasteiger partial charge in [0.1, 0.15) is 5.69 Å². The minimum absolute atomic E-state index is 0.0522. The van der Waals surface area contributed by atoms with Crippen molar-refractivity contribution in [1.29, 1.82) is 0 Å². The minimum atomic E-state index is -4.92. The van der Waals surface area contributed by atoms with Crippen molar-refractivity contribution in [3.05, 3.63) is 61.4 Å². The van der Waals surface area contributed by atoms with Gasteiger partial charge >= 0.3 is 23.8 Å². The van der Waals surface area contributed by atoms with Gasteiger partial charge in [0.25, 0.3) is 5.56 Å². The highest BCUT2D eigenvalue weighted by atomic mass is 35.5. The van der Waals surface area contributed by atoms with Gasteiger partial charge in [-0.2, -0.15) is 13.2 Å². The molecule has 12 heteroatoms. The van der Waals surface area contributed by atoms with Crippen LogP contribution >= 0.6 is 11.6 Å². The van der Waals surface area contributed by atoms with Gasteiger partial charge in [0.15, 0.2) is 0 Å². The van der Waals surface area contributed by atoms with Crippen LogP contribution in [-0.4, -0.2) is 33.3 Å². The molecule has 0 spiro atoms. The molecule has 0 radical (unpaired) electrons. The van der Waals surface area contributed by atoms with E-state index in [0.717, 1.165) is 6.07 Å². The summed E-state index contributed by atoms with van der Waals surface area (Å²) in [6.07, 6.45) is -4.92. The first-order valence-corrected chi connectivity index (χ1v) is 9.77. The number of alkyl halides is 3. The Bertz CT molecular complexity index is 1170. The van der Waals surface area contributed by atoms with Gasteiger partial charge in [-0.15, -0.1) is 0 Å². The number of carbonyl (C=O) groups excluding carboxylic acids is 2. The number of benzene rings is 1. The van der Waals surface area contributed by atoms with Crippen molar-refractivity contribution < 1.29 is 32.2 Å². The van der Waals surface area contributed by atoms with Crippen LogP contribution < -0.4 is 11.2 Å². The maximum Gasteiger partial charge on any atom is 0.431 e. The molecule has 0 saturated heterocycles. The summed E-state index contributed by atoms with van der Waals surface area (Å²) >= 11 is 6.03. The number of ether oxygens (including phenoxy) is 2. The van der Waals surface area contributed by atoms with Gasteiger partial charge in [0, 0.05) is 12.6 Å². The Morgan fingerprint density at radius 1 is 1.09 bits per heavy atom. The molecule has 8 nitrogen and oxygen atoms in total. The molecule has 0 saturated carbocycles. The van der Waals surface area contributed by atoms with Gasteiger partial charge in [-0.3, -0.25) is 9.36 Å². The van der Waals surface area contributed by atoms with Crippen LogP contribution in [0.3, 0.4) is 0 Å². The van der Waals surface area contributed by atoms with Gasteiger partial charge in [0.2, 0.25) is 5.60 Å². The van der Waals surface area contributed by atoms with Crippen molar-refractivity contribution in [2.45, 2.75) is 46.0 Å². The van der Waals surface area contributed by atoms with Gasteiger partial charge in [-0.05, 0) is 45.9 Å². The quantitative estimate of drug-likeness (QED) is 0.594. The monoisotopic (exact) mass is 476 g/mol. The molecule has 1 aromatic heterocycles. The number of esters is 2. The molecule has 32 heavy (non-hydrogen) atoms. The van der Waals surface area contributed by atoms with Crippen molar-refractivity contribution in [3.8, 4) is 5.69 Å². The van der Waals surface area contributed by atoms with Crippen LogP contribution in [0, 0.1) is 0 Å². The van der Waals surface area contributed by atoms with E-state index in [1.165, 1.54) is 32.9 Å². The molecule has 0 unspecified atom stereocenters. The zero-order valence-corrected chi connectivity index (χ0v) is 18.3. The number of rotatable bonds is 6. The summed E-state index contributed by atoms with van der Waals surface area (Å²) in [5.74, 6) is -1.88. The first-order chi connectivity index (χ1) is 14.7. The third kappa shape index (κ3) is 5.04. The molecule has 0 atom stereocenters. The third-order valence-electron chi connectivity index (χ3n) is 4.34. The molecule has 0 bridgehead atoms. The van der Waals surface area contributed by atoms with Crippen LogP contribution in [0.15, 0.2) is 33.9 Å². The van der Waals surface area contributed by atoms with Crippen molar-refractivity contribution >= 4 is 23.5 Å². The largest absolute Gasteiger partial charge is 0.463 e. The van der Waals surface area contributed by atoms with Crippen molar-refractivity contribution in [2.24, 2.45) is 0 Å². The summed E-state index contributed by atoms with van der Waals surface area (Å²) in [6.45, 7) is 5.16. The Kier molecular flexibility index (Phi) is 7.23. The third-order valence-corrected chi connectivity index (χ3v) is 4.67. The average Bonchev–Trinajstić information content (AvgIpc) is 2.67. The summed E-state index contributed by atoms with van der Waals surface area (Å²) in [5, 5.41) is -0.130. The van der Waals surface area contributed by atoms with Gasteiger partial charge < -0.3 is 9.47 Å². The average molecular weight is 477 g/mol. The van der Waals surface area contributed by atoms with Gasteiger partial charge in [-0.25, -0.2) is 19.0 Å². The Labute approximate surface area is 185 Å². The van der Waals surface area contributed by atoms with Crippen LogP contribution in [-0.2, 0) is 27.0 Å². The minimum Gasteiger partial charge on any atom is -0.463 e. The Hall–Kier alpha value is -3.08. The lowest BCUT2D eigenvalue weighted by Gasteiger charge is -2.23. The topological polar surface area (TPSA) is 96.6 Å². The predicted octanol–water partition coefficient (Wildman–Crippen LogP) is 3.19. The molecule has 174 valence electrons. The molecule has 1 heterocycles. The number of hydrogen-bond donors (Lipinski definition) is 0. The number of aromatic nitrogens is 2. The molecule has 0 aliphatic carbocycles. The van der Waals surface area contributed by atoms with Crippen LogP contribution in [0.5, 0.6) is 0 Å². The molecule has 1 aromatic carbocycles. The zero-order chi connectivity index (χ0) is 24.4. The van der Waals surface area contributed by atoms with E-state index >= 15 is 0 Å². The van der Waals surface area contributed by atoms with Crippen molar-refractivity contribution in [1.82, 2.24) is 9.13 Å².